The van der Waals surface area contributed by atoms with Gasteiger partial charge in [-0.3, -0.25) is 0 Å². The highest BCUT2D eigenvalue weighted by molar-refractivity contribution is 5.33. The molecule has 1 aliphatic heterocycles. The van der Waals surface area contributed by atoms with Crippen LogP contribution in [0.1, 0.15) is 24.0 Å². The molecular weight excluding hydrogens is 200 g/mol. The van der Waals surface area contributed by atoms with Crippen LogP contribution in [0.5, 0.6) is 0 Å². The Balaban J connectivity index is 2.10. The van der Waals surface area contributed by atoms with Gasteiger partial charge in [-0.25, -0.2) is 0 Å². The van der Waals surface area contributed by atoms with Crippen LogP contribution in [-0.2, 0) is 6.42 Å². The van der Waals surface area contributed by atoms with Gasteiger partial charge in [0.25, 0.3) is 0 Å². The number of nitrogens with one attached hydrogen (secondary N) is 1. The molecule has 84 valence electrons. The smallest absolute Gasteiger partial charge is 0.0991 e. The minimum atomic E-state index is -0.646. The van der Waals surface area contributed by atoms with Gasteiger partial charge in [-0.05, 0) is 37.1 Å². The molecular formula is C13H16N2O. The Hall–Kier alpha value is -1.37. The van der Waals surface area contributed by atoms with Gasteiger partial charge < -0.3 is 10.4 Å². The molecule has 0 amide bonds. The summed E-state index contributed by atoms with van der Waals surface area (Å²) in [7, 11) is 0. The number of aliphatic hydroxyl groups is 1. The predicted octanol–water partition coefficient (Wildman–Crippen LogP) is 1.22. The minimum Gasteiger partial charge on any atom is -0.388 e. The first kappa shape index (κ1) is 11.1. The molecule has 1 fully saturated rings. The van der Waals surface area contributed by atoms with Crippen LogP contribution in [0.25, 0.3) is 0 Å². The van der Waals surface area contributed by atoms with Crippen LogP contribution >= 0.6 is 0 Å². The second-order valence-corrected chi connectivity index (χ2v) is 4.49. The van der Waals surface area contributed by atoms with Crippen LogP contribution in [0.15, 0.2) is 24.3 Å². The van der Waals surface area contributed by atoms with Gasteiger partial charge in [-0.1, -0.05) is 12.1 Å². The van der Waals surface area contributed by atoms with Gasteiger partial charge in [0.05, 0.1) is 17.2 Å². The molecule has 1 aromatic rings. The lowest BCUT2D eigenvalue weighted by Crippen LogP contribution is -2.47. The number of piperidine rings is 1. The van der Waals surface area contributed by atoms with E-state index in [1.54, 1.807) is 6.07 Å². The van der Waals surface area contributed by atoms with Crippen molar-refractivity contribution in [1.82, 2.24) is 5.32 Å². The van der Waals surface area contributed by atoms with Crippen molar-refractivity contribution >= 4 is 0 Å². The fourth-order valence-electron chi connectivity index (χ4n) is 2.23. The van der Waals surface area contributed by atoms with E-state index in [-0.39, 0.29) is 0 Å². The highest BCUT2D eigenvalue weighted by atomic mass is 16.3. The maximum Gasteiger partial charge on any atom is 0.0991 e. The van der Waals surface area contributed by atoms with E-state index >= 15 is 0 Å². The van der Waals surface area contributed by atoms with Crippen molar-refractivity contribution in [3.8, 4) is 6.07 Å². The maximum absolute atomic E-state index is 10.3. The van der Waals surface area contributed by atoms with Gasteiger partial charge >= 0.3 is 0 Å². The first-order chi connectivity index (χ1) is 7.72. The quantitative estimate of drug-likeness (QED) is 0.781. The molecule has 2 rings (SSSR count). The SMILES string of the molecule is N#Cc1cccc(CC2(O)CCCNC2)c1. The summed E-state index contributed by atoms with van der Waals surface area (Å²) in [6.45, 7) is 1.63. The van der Waals surface area contributed by atoms with Crippen molar-refractivity contribution < 1.29 is 5.11 Å². The monoisotopic (exact) mass is 216 g/mol. The molecule has 1 aliphatic rings. The van der Waals surface area contributed by atoms with Crippen LogP contribution in [0.4, 0.5) is 0 Å². The Morgan fingerprint density at radius 2 is 2.38 bits per heavy atom. The molecule has 3 nitrogen and oxygen atoms in total. The van der Waals surface area contributed by atoms with Gasteiger partial charge in [-0.2, -0.15) is 5.26 Å². The van der Waals surface area contributed by atoms with Crippen molar-refractivity contribution in [2.24, 2.45) is 0 Å². The molecule has 1 heterocycles. The second kappa shape index (κ2) is 4.65. The van der Waals surface area contributed by atoms with Gasteiger partial charge in [0.2, 0.25) is 0 Å². The molecule has 0 saturated carbocycles. The van der Waals surface area contributed by atoms with Gasteiger partial charge in [0, 0.05) is 13.0 Å². The van der Waals surface area contributed by atoms with Crippen LogP contribution in [0, 0.1) is 11.3 Å². The number of nitriles is 1. The Bertz CT molecular complexity index is 403. The van der Waals surface area contributed by atoms with Gasteiger partial charge in [-0.15, -0.1) is 0 Å². The van der Waals surface area contributed by atoms with Crippen LogP contribution in [0.2, 0.25) is 0 Å². The summed E-state index contributed by atoms with van der Waals surface area (Å²) in [6, 6.07) is 9.59. The van der Waals surface area contributed by atoms with E-state index in [0.717, 1.165) is 24.9 Å². The third kappa shape index (κ3) is 2.60. The van der Waals surface area contributed by atoms with Crippen molar-refractivity contribution in [1.29, 1.82) is 5.26 Å². The van der Waals surface area contributed by atoms with Gasteiger partial charge in [0.15, 0.2) is 0 Å². The first-order valence-corrected chi connectivity index (χ1v) is 5.64. The lowest BCUT2D eigenvalue weighted by molar-refractivity contribution is 0.0169. The molecule has 1 aromatic carbocycles. The summed E-state index contributed by atoms with van der Waals surface area (Å²) >= 11 is 0. The molecule has 1 saturated heterocycles. The summed E-state index contributed by atoms with van der Waals surface area (Å²) in [6.07, 6.45) is 2.46. The Labute approximate surface area is 95.7 Å². The van der Waals surface area contributed by atoms with E-state index in [1.165, 1.54) is 0 Å². The number of rotatable bonds is 2. The Morgan fingerprint density at radius 3 is 3.06 bits per heavy atom. The molecule has 1 unspecified atom stereocenters. The Kier molecular flexibility index (Phi) is 3.23. The highest BCUT2D eigenvalue weighted by Gasteiger charge is 2.29. The predicted molar refractivity (Wildman–Crippen MR) is 61.9 cm³/mol. The fraction of sp³-hybridized carbons (Fsp3) is 0.462. The summed E-state index contributed by atoms with van der Waals surface area (Å²) < 4.78 is 0. The average molecular weight is 216 g/mol. The van der Waals surface area contributed by atoms with E-state index in [0.29, 0.717) is 18.5 Å². The highest BCUT2D eigenvalue weighted by Crippen LogP contribution is 2.21. The van der Waals surface area contributed by atoms with Crippen LogP contribution in [-0.4, -0.2) is 23.8 Å². The maximum atomic E-state index is 10.3. The summed E-state index contributed by atoms with van der Waals surface area (Å²) in [4.78, 5) is 0. The summed E-state index contributed by atoms with van der Waals surface area (Å²) in [5.41, 5.74) is 1.04. The number of benzene rings is 1. The van der Waals surface area contributed by atoms with Gasteiger partial charge in [0.1, 0.15) is 0 Å². The van der Waals surface area contributed by atoms with E-state index in [2.05, 4.69) is 11.4 Å². The summed E-state index contributed by atoms with van der Waals surface area (Å²) in [5, 5.41) is 22.4. The fourth-order valence-corrected chi connectivity index (χ4v) is 2.23. The number of hydrogen-bond acceptors (Lipinski definition) is 3. The summed E-state index contributed by atoms with van der Waals surface area (Å²) in [5.74, 6) is 0. The third-order valence-corrected chi connectivity index (χ3v) is 3.04. The standard InChI is InChI=1S/C13H16N2O/c14-9-12-4-1-3-11(7-12)8-13(16)5-2-6-15-10-13/h1,3-4,7,15-16H,2,5-6,8,10H2. The van der Waals surface area contributed by atoms with E-state index in [9.17, 15) is 5.11 Å². The zero-order valence-electron chi connectivity index (χ0n) is 9.24. The van der Waals surface area contributed by atoms with Crippen LogP contribution in [0.3, 0.4) is 0 Å². The lowest BCUT2D eigenvalue weighted by Gasteiger charge is -2.32. The van der Waals surface area contributed by atoms with Crippen molar-refractivity contribution in [3.63, 3.8) is 0 Å². The molecule has 0 aliphatic carbocycles. The third-order valence-electron chi connectivity index (χ3n) is 3.04. The molecule has 1 atom stereocenters. The molecule has 0 aromatic heterocycles. The van der Waals surface area contributed by atoms with Crippen LogP contribution < -0.4 is 5.32 Å². The van der Waals surface area contributed by atoms with E-state index < -0.39 is 5.60 Å². The van der Waals surface area contributed by atoms with E-state index in [4.69, 9.17) is 5.26 Å². The van der Waals surface area contributed by atoms with Crippen molar-refractivity contribution in [2.45, 2.75) is 24.9 Å². The zero-order chi connectivity index (χ0) is 11.4. The number of hydrogen-bond donors (Lipinski definition) is 2. The largest absolute Gasteiger partial charge is 0.388 e. The van der Waals surface area contributed by atoms with Crippen molar-refractivity contribution in [2.75, 3.05) is 13.1 Å². The molecule has 0 bridgehead atoms. The molecule has 2 N–H and O–H groups in total. The molecule has 3 heteroatoms. The topological polar surface area (TPSA) is 56.0 Å². The molecule has 0 spiro atoms. The van der Waals surface area contributed by atoms with E-state index in [1.807, 2.05) is 18.2 Å². The normalized spacial score (nSPS) is 25.0. The average Bonchev–Trinajstić information content (AvgIpc) is 2.29. The van der Waals surface area contributed by atoms with Crippen molar-refractivity contribution in [3.05, 3.63) is 35.4 Å². The molecule has 16 heavy (non-hydrogen) atoms. The Morgan fingerprint density at radius 1 is 1.50 bits per heavy atom. The first-order valence-electron chi connectivity index (χ1n) is 5.64. The number of nitrogens with zero attached hydrogens (tertiary/aromatic N) is 1. The molecule has 0 radical (unpaired) electrons. The second-order valence-electron chi connectivity index (χ2n) is 4.49. The lowest BCUT2D eigenvalue weighted by atomic mass is 9.87. The minimum absolute atomic E-state index is 0.621. The zero-order valence-corrected chi connectivity index (χ0v) is 9.24. The number of β-amino-alcohol motifs (C(OH)–C–C–N with tert-alkyl or cyclic N) is 1.